The van der Waals surface area contributed by atoms with Crippen LogP contribution in [-0.4, -0.2) is 76.5 Å². The molecule has 42 heavy (non-hydrogen) atoms. The van der Waals surface area contributed by atoms with Gasteiger partial charge in [-0.1, -0.05) is 45.0 Å². The molecule has 3 atom stereocenters. The average molecular weight is 591 g/mol. The molecule has 2 aliphatic rings. The summed E-state index contributed by atoms with van der Waals surface area (Å²) in [5.74, 6) is -1.30. The first-order valence-corrected chi connectivity index (χ1v) is 15.2. The number of phenolic OH excluding ortho intramolecular Hbond substituents is 1. The summed E-state index contributed by atoms with van der Waals surface area (Å²) in [5, 5.41) is 12.8. The molecule has 3 aromatic rings. The third kappa shape index (κ3) is 5.79. The van der Waals surface area contributed by atoms with Crippen LogP contribution in [0.4, 0.5) is 0 Å². The van der Waals surface area contributed by atoms with Crippen molar-refractivity contribution in [2.45, 2.75) is 62.0 Å². The fourth-order valence-corrected chi connectivity index (χ4v) is 7.25. The second kappa shape index (κ2) is 11.3. The number of carbonyl (C=O) groups excluding carboxylic acids is 3. The molecule has 0 bridgehead atoms. The maximum absolute atomic E-state index is 14.0. The zero-order valence-electron chi connectivity index (χ0n) is 23.7. The Morgan fingerprint density at radius 2 is 1.83 bits per heavy atom. The molecule has 1 aromatic heterocycles. The number of sulfonamides is 1. The van der Waals surface area contributed by atoms with Crippen LogP contribution in [0, 0.1) is 0 Å². The maximum Gasteiger partial charge on any atom is 0.251 e. The van der Waals surface area contributed by atoms with E-state index in [2.05, 4.69) is 31.1 Å². The van der Waals surface area contributed by atoms with Gasteiger partial charge < -0.3 is 15.3 Å². The number of hydrogen-bond donors (Lipinski definition) is 2. The number of phenols is 1. The molecule has 2 fully saturated rings. The number of hydrogen-bond acceptors (Lipinski definition) is 7. The number of rotatable bonds is 7. The van der Waals surface area contributed by atoms with Gasteiger partial charge in [0.2, 0.25) is 15.9 Å². The second-order valence-electron chi connectivity index (χ2n) is 11.8. The van der Waals surface area contributed by atoms with E-state index in [-0.39, 0.29) is 47.8 Å². The van der Waals surface area contributed by atoms with Crippen LogP contribution >= 0.6 is 0 Å². The fraction of sp³-hybridized carbons (Fsp3) is 0.355. The van der Waals surface area contributed by atoms with E-state index >= 15 is 0 Å². The van der Waals surface area contributed by atoms with Crippen molar-refractivity contribution in [3.63, 3.8) is 0 Å². The fourth-order valence-electron chi connectivity index (χ4n) is 5.66. The molecule has 2 aromatic carbocycles. The molecular formula is C31H34N4O6S. The number of likely N-dealkylation sites (tertiary alicyclic amines) is 1. The number of Topliss-reactive ketones (excluding diaryl/α,β-unsaturated/α-hetero) is 1. The van der Waals surface area contributed by atoms with Crippen molar-refractivity contribution in [3.05, 3.63) is 89.7 Å². The van der Waals surface area contributed by atoms with Gasteiger partial charge in [0.15, 0.2) is 5.78 Å². The Kier molecular flexibility index (Phi) is 7.91. The molecule has 3 unspecified atom stereocenters. The summed E-state index contributed by atoms with van der Waals surface area (Å²) in [5.41, 5.74) is 1.95. The lowest BCUT2D eigenvalue weighted by molar-refractivity contribution is -0.138. The van der Waals surface area contributed by atoms with E-state index in [0.717, 1.165) is 9.87 Å². The monoisotopic (exact) mass is 590 g/mol. The number of nitrogens with one attached hydrogen (secondary N) is 1. The Balaban J connectivity index is 1.40. The lowest BCUT2D eigenvalue weighted by Crippen LogP contribution is -2.53. The summed E-state index contributed by atoms with van der Waals surface area (Å²) >= 11 is 0. The Labute approximate surface area is 245 Å². The Morgan fingerprint density at radius 3 is 2.48 bits per heavy atom. The van der Waals surface area contributed by atoms with Crippen LogP contribution < -0.4 is 5.32 Å². The predicted molar refractivity (Wildman–Crippen MR) is 155 cm³/mol. The summed E-state index contributed by atoms with van der Waals surface area (Å²) in [4.78, 5) is 45.8. The summed E-state index contributed by atoms with van der Waals surface area (Å²) in [6, 6.07) is 13.8. The standard InChI is InChI=1S/C31H34N4O6S/c1-31(2,3)22-11-9-21(10-12-22)29(38)33-25(17-20-6-4-7-23(36)16-20)30(39)34-15-13-26-28(34)27(37)19-35(26)42(40,41)24-8-5-14-32-18-24/h4-12,14,16,18,25-26,28,36H,13,15,17,19H2,1-3H3,(H,33,38). The summed E-state index contributed by atoms with van der Waals surface area (Å²) in [7, 11) is -4.00. The number of nitrogens with zero attached hydrogens (tertiary/aromatic N) is 3. The highest BCUT2D eigenvalue weighted by Crippen LogP contribution is 2.34. The molecule has 0 spiro atoms. The zero-order valence-corrected chi connectivity index (χ0v) is 24.5. The first-order valence-electron chi connectivity index (χ1n) is 13.8. The highest BCUT2D eigenvalue weighted by molar-refractivity contribution is 7.89. The lowest BCUT2D eigenvalue weighted by atomic mass is 9.86. The number of ketones is 1. The van der Waals surface area contributed by atoms with Crippen LogP contribution in [0.3, 0.4) is 0 Å². The highest BCUT2D eigenvalue weighted by Gasteiger charge is 2.54. The van der Waals surface area contributed by atoms with Crippen molar-refractivity contribution in [2.24, 2.45) is 0 Å². The summed E-state index contributed by atoms with van der Waals surface area (Å²) in [6.07, 6.45) is 3.05. The van der Waals surface area contributed by atoms with Crippen molar-refractivity contribution in [1.29, 1.82) is 0 Å². The largest absolute Gasteiger partial charge is 0.508 e. The number of benzene rings is 2. The number of fused-ring (bicyclic) bond motifs is 1. The maximum atomic E-state index is 14.0. The first kappa shape index (κ1) is 29.4. The Hall–Kier alpha value is -4.09. The van der Waals surface area contributed by atoms with Crippen LogP contribution in [0.5, 0.6) is 5.75 Å². The zero-order chi connectivity index (χ0) is 30.2. The van der Waals surface area contributed by atoms with Crippen LogP contribution in [0.1, 0.15) is 48.7 Å². The number of aromatic nitrogens is 1. The lowest BCUT2D eigenvalue weighted by Gasteiger charge is -2.28. The smallest absolute Gasteiger partial charge is 0.251 e. The molecule has 2 amide bonds. The Morgan fingerprint density at radius 1 is 1.10 bits per heavy atom. The van der Waals surface area contributed by atoms with Gasteiger partial charge in [-0.05, 0) is 59.4 Å². The van der Waals surface area contributed by atoms with Gasteiger partial charge in [0.05, 0.1) is 12.6 Å². The number of pyridine rings is 1. The van der Waals surface area contributed by atoms with E-state index in [1.54, 1.807) is 24.3 Å². The molecule has 11 heteroatoms. The molecule has 3 heterocycles. The minimum atomic E-state index is -4.00. The number of amides is 2. The molecule has 0 radical (unpaired) electrons. The molecular weight excluding hydrogens is 556 g/mol. The van der Waals surface area contributed by atoms with Crippen molar-refractivity contribution in [1.82, 2.24) is 19.5 Å². The van der Waals surface area contributed by atoms with Crippen molar-refractivity contribution in [2.75, 3.05) is 13.1 Å². The van der Waals surface area contributed by atoms with Gasteiger partial charge in [0, 0.05) is 30.9 Å². The highest BCUT2D eigenvalue weighted by atomic mass is 32.2. The second-order valence-corrected chi connectivity index (χ2v) is 13.7. The van der Waals surface area contributed by atoms with E-state index in [1.165, 1.54) is 41.6 Å². The van der Waals surface area contributed by atoms with E-state index in [4.69, 9.17) is 0 Å². The van der Waals surface area contributed by atoms with Crippen LogP contribution in [0.15, 0.2) is 78.0 Å². The van der Waals surface area contributed by atoms with Gasteiger partial charge in [-0.3, -0.25) is 19.4 Å². The van der Waals surface area contributed by atoms with E-state index in [1.807, 2.05) is 12.1 Å². The van der Waals surface area contributed by atoms with Crippen LogP contribution in [0.2, 0.25) is 0 Å². The minimum Gasteiger partial charge on any atom is -0.508 e. The quantitative estimate of drug-likeness (QED) is 0.432. The minimum absolute atomic E-state index is 0.0188. The SMILES string of the molecule is CC(C)(C)c1ccc(C(=O)NC(Cc2cccc(O)c2)C(=O)N2CCC3C2C(=O)CN3S(=O)(=O)c2cccnc2)cc1. The normalized spacial score (nSPS) is 19.9. The van der Waals surface area contributed by atoms with Crippen LogP contribution in [0.25, 0.3) is 0 Å². The van der Waals surface area contributed by atoms with Gasteiger partial charge in [-0.2, -0.15) is 4.31 Å². The molecule has 220 valence electrons. The summed E-state index contributed by atoms with van der Waals surface area (Å²) < 4.78 is 27.8. The third-order valence-corrected chi connectivity index (χ3v) is 9.72. The van der Waals surface area contributed by atoms with Crippen molar-refractivity contribution in [3.8, 4) is 5.75 Å². The van der Waals surface area contributed by atoms with Gasteiger partial charge in [0.1, 0.15) is 22.7 Å². The molecule has 2 saturated heterocycles. The molecule has 2 N–H and O–H groups in total. The van der Waals surface area contributed by atoms with E-state index in [9.17, 15) is 27.9 Å². The van der Waals surface area contributed by atoms with Gasteiger partial charge in [-0.15, -0.1) is 0 Å². The molecule has 0 saturated carbocycles. The first-order chi connectivity index (χ1) is 19.9. The molecule has 0 aliphatic carbocycles. The summed E-state index contributed by atoms with van der Waals surface area (Å²) in [6.45, 7) is 6.03. The van der Waals surface area contributed by atoms with Crippen molar-refractivity contribution < 1.29 is 27.9 Å². The van der Waals surface area contributed by atoms with E-state index in [0.29, 0.717) is 11.1 Å². The third-order valence-electron chi connectivity index (χ3n) is 7.87. The molecule has 2 aliphatic heterocycles. The van der Waals surface area contributed by atoms with Gasteiger partial charge in [0.25, 0.3) is 5.91 Å². The number of carbonyl (C=O) groups is 3. The predicted octanol–water partition coefficient (Wildman–Crippen LogP) is 2.67. The topological polar surface area (TPSA) is 137 Å². The molecule has 10 nitrogen and oxygen atoms in total. The van der Waals surface area contributed by atoms with Crippen molar-refractivity contribution >= 4 is 27.6 Å². The van der Waals surface area contributed by atoms with Gasteiger partial charge >= 0.3 is 0 Å². The number of aromatic hydroxyl groups is 1. The average Bonchev–Trinajstić information content (AvgIpc) is 3.54. The van der Waals surface area contributed by atoms with Crippen LogP contribution in [-0.2, 0) is 31.4 Å². The molecule has 5 rings (SSSR count). The van der Waals surface area contributed by atoms with E-state index < -0.39 is 40.0 Å². The van der Waals surface area contributed by atoms with Gasteiger partial charge in [-0.25, -0.2) is 8.42 Å². The Bertz CT molecular complexity index is 1600.